The largest absolute Gasteiger partial charge is 0 e. The average Bonchev–Trinajstić information content (AvgIpc) is 2.73. The van der Waals surface area contributed by atoms with E-state index >= 15 is 0 Å². The number of hydrogen-bond donors (Lipinski definition) is 0. The number of hydrogen-bond acceptors (Lipinski definition) is 2. The summed E-state index contributed by atoms with van der Waals surface area (Å²) in [6, 6.07) is 0. The third-order valence-electron chi connectivity index (χ3n) is 1.43. The molecular formula is C14H15FeNO5. The maximum absolute atomic E-state index is 11.5. The second-order valence-electron chi connectivity index (χ2n) is 3.96. The number of ether oxygens (including phenoxy) is 1. The van der Waals surface area contributed by atoms with Crippen molar-refractivity contribution in [2.45, 2.75) is 26.4 Å². The summed E-state index contributed by atoms with van der Waals surface area (Å²) in [4.78, 5) is 12.9. The molecule has 0 radical (unpaired) electrons. The van der Waals surface area contributed by atoms with Crippen molar-refractivity contribution in [3.63, 3.8) is 0 Å². The Morgan fingerprint density at radius 1 is 0.905 bits per heavy atom. The average molecular weight is 333 g/mol. The van der Waals surface area contributed by atoms with E-state index in [0.29, 0.717) is 0 Å². The zero-order chi connectivity index (χ0) is 16.6. The Morgan fingerprint density at radius 3 is 1.52 bits per heavy atom. The van der Waals surface area contributed by atoms with Crippen molar-refractivity contribution in [3.8, 4) is 0 Å². The van der Waals surface area contributed by atoms with Gasteiger partial charge in [-0.1, -0.05) is 12.2 Å². The minimum Gasteiger partial charge on any atom is 0 e. The zero-order valence-corrected chi connectivity index (χ0v) is 12.9. The van der Waals surface area contributed by atoms with Gasteiger partial charge in [0.2, 0.25) is 0 Å². The maximum Gasteiger partial charge on any atom is 0 e. The Bertz CT molecular complexity index is 383. The molecule has 0 aromatic rings. The smallest absolute Gasteiger partial charge is 0 e. The molecule has 0 spiro atoms. The van der Waals surface area contributed by atoms with Crippen LogP contribution >= 0.6 is 0 Å². The van der Waals surface area contributed by atoms with Crippen molar-refractivity contribution in [2.24, 2.45) is 0 Å². The molecule has 6 nitrogen and oxygen atoms in total. The number of carbonyl (C=O) groups is 1. The van der Waals surface area contributed by atoms with Crippen molar-refractivity contribution in [2.75, 3.05) is 0 Å². The number of carbonyl (C=O) groups excluding carboxylic acids is 1. The number of amides is 1. The molecule has 1 aliphatic heterocycles. The van der Waals surface area contributed by atoms with Gasteiger partial charge in [0.15, 0.2) is 0 Å². The van der Waals surface area contributed by atoms with Gasteiger partial charge in [-0.05, 0) is 32.9 Å². The monoisotopic (exact) mass is 333 g/mol. The third-order valence-corrected chi connectivity index (χ3v) is 1.43. The molecule has 0 unspecified atom stereocenters. The minimum atomic E-state index is -0.460. The summed E-state index contributed by atoms with van der Waals surface area (Å²) in [6.07, 6.45) is 10.2. The summed E-state index contributed by atoms with van der Waals surface area (Å²) in [7, 11) is 0. The van der Waals surface area contributed by atoms with Gasteiger partial charge >= 0.3 is 40.0 Å². The van der Waals surface area contributed by atoms with E-state index in [4.69, 9.17) is 18.7 Å². The SMILES string of the molecule is CC(C)(C)OC(=O)N1C=CC=CC=C1.[C-]#[O+].[C-]#[O+].[C-]#[O+].[Fe]. The molecule has 114 valence electrons. The van der Waals surface area contributed by atoms with Crippen molar-refractivity contribution < 1.29 is 40.6 Å². The Balaban J connectivity index is -0.000000183. The van der Waals surface area contributed by atoms with Gasteiger partial charge in [-0.3, -0.25) is 4.90 Å². The number of nitrogens with zero attached hydrogens (tertiary/aromatic N) is 1. The maximum atomic E-state index is 11.5. The molecule has 21 heavy (non-hydrogen) atoms. The van der Waals surface area contributed by atoms with E-state index in [2.05, 4.69) is 20.0 Å². The van der Waals surface area contributed by atoms with E-state index in [1.165, 1.54) is 4.90 Å². The molecule has 0 aromatic carbocycles. The second kappa shape index (κ2) is 18.2. The number of rotatable bonds is 0. The van der Waals surface area contributed by atoms with Crippen LogP contribution in [0.1, 0.15) is 20.8 Å². The predicted octanol–water partition coefficient (Wildman–Crippen LogP) is 2.71. The first-order valence-electron chi connectivity index (χ1n) is 5.13. The molecule has 0 atom stereocenters. The van der Waals surface area contributed by atoms with E-state index < -0.39 is 5.60 Å². The Hall–Kier alpha value is -1.77. The van der Waals surface area contributed by atoms with Crippen LogP contribution in [-0.4, -0.2) is 16.6 Å². The molecule has 0 saturated carbocycles. The first kappa shape index (κ1) is 27.6. The molecule has 7 heteroatoms. The quantitative estimate of drug-likeness (QED) is 0.387. The molecule has 0 N–H and O–H groups in total. The van der Waals surface area contributed by atoms with Gasteiger partial charge in [-0.2, -0.15) is 0 Å². The van der Waals surface area contributed by atoms with Crippen LogP contribution in [-0.2, 0) is 35.8 Å². The standard InChI is InChI=1S/C11H15NO2.3CO.Fe/c1-11(2,3)14-10(13)12-8-6-4-5-7-9-12;3*1-2;/h4-9H,1-3H3;;;;. The molecule has 1 aliphatic rings. The van der Waals surface area contributed by atoms with Gasteiger partial charge in [-0.15, -0.1) is 0 Å². The van der Waals surface area contributed by atoms with Crippen LogP contribution in [0.5, 0.6) is 0 Å². The van der Waals surface area contributed by atoms with E-state index in [9.17, 15) is 4.79 Å². The molecule has 0 saturated heterocycles. The molecule has 0 aliphatic carbocycles. The van der Waals surface area contributed by atoms with E-state index in [1.54, 1.807) is 24.6 Å². The van der Waals surface area contributed by atoms with E-state index in [-0.39, 0.29) is 23.2 Å². The van der Waals surface area contributed by atoms with Crippen LogP contribution in [0.2, 0.25) is 0 Å². The van der Waals surface area contributed by atoms with E-state index in [1.807, 2.05) is 32.9 Å². The molecule has 0 bridgehead atoms. The van der Waals surface area contributed by atoms with Crippen LogP contribution in [0.25, 0.3) is 0 Å². The molecule has 0 fully saturated rings. The van der Waals surface area contributed by atoms with Crippen LogP contribution < -0.4 is 0 Å². The predicted molar refractivity (Wildman–Crippen MR) is 67.3 cm³/mol. The van der Waals surface area contributed by atoms with Crippen LogP contribution in [0.4, 0.5) is 4.79 Å². The molecule has 1 rings (SSSR count). The van der Waals surface area contributed by atoms with Gasteiger partial charge in [0, 0.05) is 29.5 Å². The fourth-order valence-corrected chi connectivity index (χ4v) is 0.899. The fourth-order valence-electron chi connectivity index (χ4n) is 0.899. The summed E-state index contributed by atoms with van der Waals surface area (Å²) in [6.45, 7) is 19.0. The van der Waals surface area contributed by atoms with Crippen molar-refractivity contribution >= 4 is 6.09 Å². The molecule has 1 heterocycles. The van der Waals surface area contributed by atoms with Crippen molar-refractivity contribution in [1.29, 1.82) is 0 Å². The van der Waals surface area contributed by atoms with Crippen LogP contribution in [0, 0.1) is 20.0 Å². The third kappa shape index (κ3) is 18.2. The summed E-state index contributed by atoms with van der Waals surface area (Å²) in [5.74, 6) is 0. The van der Waals surface area contributed by atoms with Crippen molar-refractivity contribution in [3.05, 3.63) is 56.7 Å². The zero-order valence-electron chi connectivity index (χ0n) is 11.8. The summed E-state index contributed by atoms with van der Waals surface area (Å²) in [5.41, 5.74) is -0.460. The molecule has 0 aromatic heterocycles. The van der Waals surface area contributed by atoms with Crippen LogP contribution in [0.15, 0.2) is 36.7 Å². The molecular weight excluding hydrogens is 318 g/mol. The van der Waals surface area contributed by atoms with Crippen LogP contribution in [0.3, 0.4) is 0 Å². The van der Waals surface area contributed by atoms with Gasteiger partial charge < -0.3 is 4.74 Å². The normalized spacial score (nSPS) is 10.6. The Kier molecular flexibility index (Phi) is 23.9. The molecule has 1 amide bonds. The van der Waals surface area contributed by atoms with Gasteiger partial charge in [-0.25, -0.2) is 4.79 Å². The van der Waals surface area contributed by atoms with Gasteiger partial charge in [0.1, 0.15) is 5.60 Å². The summed E-state index contributed by atoms with van der Waals surface area (Å²) >= 11 is 0. The minimum absolute atomic E-state index is 0. The first-order valence-corrected chi connectivity index (χ1v) is 5.13. The Labute approximate surface area is 135 Å². The topological polar surface area (TPSA) is 89.2 Å². The van der Waals surface area contributed by atoms with Gasteiger partial charge in [0.05, 0.1) is 0 Å². The summed E-state index contributed by atoms with van der Waals surface area (Å²) in [5, 5.41) is 0. The van der Waals surface area contributed by atoms with Gasteiger partial charge in [0.25, 0.3) is 0 Å². The summed E-state index contributed by atoms with van der Waals surface area (Å²) < 4.78 is 27.7. The van der Waals surface area contributed by atoms with E-state index in [0.717, 1.165) is 0 Å². The fraction of sp³-hybridized carbons (Fsp3) is 0.286. The number of allylic oxidation sites excluding steroid dienone is 4. The van der Waals surface area contributed by atoms with Crippen molar-refractivity contribution in [1.82, 2.24) is 4.90 Å². The first-order chi connectivity index (χ1) is 9.49. The second-order valence-corrected chi connectivity index (χ2v) is 3.96. The Morgan fingerprint density at radius 2 is 1.24 bits per heavy atom.